The van der Waals surface area contributed by atoms with Gasteiger partial charge in [-0.15, -0.1) is 0 Å². The third-order valence-corrected chi connectivity index (χ3v) is 5.29. The number of hydrogen-bond acceptors (Lipinski definition) is 4. The number of ether oxygens (including phenoxy) is 1. The van der Waals surface area contributed by atoms with Gasteiger partial charge in [0.2, 0.25) is 0 Å². The number of unbranched alkanes of at least 4 members (excludes halogenated alkanes) is 6. The largest absolute Gasteiger partial charge is 0.508 e. The average molecular weight is 393 g/mol. The van der Waals surface area contributed by atoms with Crippen molar-refractivity contribution in [3.63, 3.8) is 0 Å². The second-order valence-electron chi connectivity index (χ2n) is 6.73. The fraction of sp³-hybridized carbons (Fsp3) is 0.429. The predicted molar refractivity (Wildman–Crippen MR) is 106 cm³/mol. The summed E-state index contributed by atoms with van der Waals surface area (Å²) in [6.07, 6.45) is 9.22. The lowest BCUT2D eigenvalue weighted by Crippen LogP contribution is -2.02. The Morgan fingerprint density at radius 2 is 1.63 bits per heavy atom. The summed E-state index contributed by atoms with van der Waals surface area (Å²) in [5.74, 6) is 0.372. The molecule has 0 aliphatic heterocycles. The first-order valence-corrected chi connectivity index (χ1v) is 10.9. The molecule has 5 nitrogen and oxygen atoms in total. The zero-order valence-electron chi connectivity index (χ0n) is 15.7. The van der Waals surface area contributed by atoms with Gasteiger partial charge in [0.25, 0.3) is 10.1 Å². The van der Waals surface area contributed by atoms with Gasteiger partial charge in [-0.3, -0.25) is 4.55 Å². The fourth-order valence-corrected chi connectivity index (χ4v) is 3.56. The third kappa shape index (κ3) is 7.23. The molecule has 0 saturated heterocycles. The van der Waals surface area contributed by atoms with E-state index < -0.39 is 10.1 Å². The highest BCUT2D eigenvalue weighted by atomic mass is 32.2. The molecule has 0 atom stereocenters. The van der Waals surface area contributed by atoms with E-state index in [-0.39, 0.29) is 16.4 Å². The highest BCUT2D eigenvalue weighted by Gasteiger charge is 2.18. The molecule has 0 unspecified atom stereocenters. The van der Waals surface area contributed by atoms with Gasteiger partial charge in [-0.1, -0.05) is 57.6 Å². The lowest BCUT2D eigenvalue weighted by molar-refractivity contribution is 0.440. The van der Waals surface area contributed by atoms with Crippen LogP contribution in [0.5, 0.6) is 17.2 Å². The summed E-state index contributed by atoms with van der Waals surface area (Å²) >= 11 is 0. The van der Waals surface area contributed by atoms with Crippen molar-refractivity contribution in [2.45, 2.75) is 63.2 Å². The summed E-state index contributed by atoms with van der Waals surface area (Å²) in [7, 11) is -4.41. The van der Waals surface area contributed by atoms with Crippen LogP contribution in [-0.2, 0) is 16.5 Å². The Balaban J connectivity index is 2.05. The summed E-state index contributed by atoms with van der Waals surface area (Å²) < 4.78 is 38.4. The number of rotatable bonds is 11. The van der Waals surface area contributed by atoms with Gasteiger partial charge in [0.05, 0.1) is 0 Å². The first-order valence-electron chi connectivity index (χ1n) is 9.47. The van der Waals surface area contributed by atoms with Crippen molar-refractivity contribution < 1.29 is 22.8 Å². The SMILES string of the molecule is CCCCCCCCCc1ccc(S(=O)(=O)O)c(Oc2cccc(O)c2)c1. The molecule has 2 rings (SSSR count). The minimum Gasteiger partial charge on any atom is -0.508 e. The molecule has 0 aliphatic rings. The van der Waals surface area contributed by atoms with Crippen LogP contribution in [0, 0.1) is 0 Å². The number of benzene rings is 2. The summed E-state index contributed by atoms with van der Waals surface area (Å²) in [5.41, 5.74) is 0.950. The van der Waals surface area contributed by atoms with E-state index in [9.17, 15) is 18.1 Å². The minimum atomic E-state index is -4.41. The first kappa shape index (κ1) is 21.3. The zero-order chi connectivity index (χ0) is 19.7. The second-order valence-corrected chi connectivity index (χ2v) is 8.12. The number of phenolic OH excluding ortho intramolecular Hbond substituents is 1. The van der Waals surface area contributed by atoms with Gasteiger partial charge in [-0.2, -0.15) is 8.42 Å². The topological polar surface area (TPSA) is 83.8 Å². The van der Waals surface area contributed by atoms with Gasteiger partial charge >= 0.3 is 0 Å². The van der Waals surface area contributed by atoms with E-state index in [0.717, 1.165) is 24.8 Å². The molecule has 148 valence electrons. The Kier molecular flexibility index (Phi) is 8.13. The predicted octanol–water partition coefficient (Wildman–Crippen LogP) is 5.72. The Hall–Kier alpha value is -2.05. The molecule has 2 aromatic rings. The molecule has 0 aliphatic carbocycles. The van der Waals surface area contributed by atoms with Gasteiger partial charge in [-0.05, 0) is 42.7 Å². The lowest BCUT2D eigenvalue weighted by atomic mass is 10.0. The Bertz CT molecular complexity index is 830. The number of aromatic hydroxyl groups is 1. The van der Waals surface area contributed by atoms with E-state index in [1.807, 2.05) is 0 Å². The molecule has 0 spiro atoms. The van der Waals surface area contributed by atoms with Crippen LogP contribution in [0.1, 0.15) is 57.4 Å². The van der Waals surface area contributed by atoms with Crippen LogP contribution in [-0.4, -0.2) is 18.1 Å². The second kappa shape index (κ2) is 10.3. The molecule has 0 amide bonds. The van der Waals surface area contributed by atoms with Crippen LogP contribution >= 0.6 is 0 Å². The van der Waals surface area contributed by atoms with Crippen LogP contribution in [0.15, 0.2) is 47.4 Å². The van der Waals surface area contributed by atoms with E-state index in [1.54, 1.807) is 24.3 Å². The van der Waals surface area contributed by atoms with Crippen LogP contribution < -0.4 is 4.74 Å². The molecule has 0 saturated carbocycles. The average Bonchev–Trinajstić information content (AvgIpc) is 2.60. The van der Waals surface area contributed by atoms with Gasteiger partial charge in [0.15, 0.2) is 0 Å². The monoisotopic (exact) mass is 392 g/mol. The van der Waals surface area contributed by atoms with Crippen LogP contribution in [0.2, 0.25) is 0 Å². The maximum absolute atomic E-state index is 11.6. The standard InChI is InChI=1S/C21H28O5S/c1-2-3-4-5-6-7-8-10-17-13-14-21(27(23,24)25)20(15-17)26-19-12-9-11-18(22)16-19/h9,11-16,22H,2-8,10H2,1H3,(H,23,24,25). The van der Waals surface area contributed by atoms with E-state index in [4.69, 9.17) is 4.74 Å². The Morgan fingerprint density at radius 3 is 2.30 bits per heavy atom. The van der Waals surface area contributed by atoms with Crippen LogP contribution in [0.25, 0.3) is 0 Å². The van der Waals surface area contributed by atoms with Crippen molar-refractivity contribution in [3.8, 4) is 17.2 Å². The molecule has 0 heterocycles. The number of hydrogen-bond donors (Lipinski definition) is 2. The molecule has 0 aromatic heterocycles. The Morgan fingerprint density at radius 1 is 0.926 bits per heavy atom. The third-order valence-electron chi connectivity index (χ3n) is 4.40. The van der Waals surface area contributed by atoms with Crippen molar-refractivity contribution in [3.05, 3.63) is 48.0 Å². The first-order chi connectivity index (χ1) is 12.9. The number of aryl methyl sites for hydroxylation is 1. The van der Waals surface area contributed by atoms with E-state index in [1.165, 1.54) is 50.3 Å². The highest BCUT2D eigenvalue weighted by molar-refractivity contribution is 7.86. The Labute approximate surface area is 161 Å². The van der Waals surface area contributed by atoms with Gasteiger partial charge in [0, 0.05) is 6.07 Å². The number of phenols is 1. The van der Waals surface area contributed by atoms with Crippen molar-refractivity contribution in [2.24, 2.45) is 0 Å². The smallest absolute Gasteiger partial charge is 0.298 e. The maximum atomic E-state index is 11.6. The van der Waals surface area contributed by atoms with Gasteiger partial charge in [0.1, 0.15) is 22.1 Å². The van der Waals surface area contributed by atoms with Crippen molar-refractivity contribution in [2.75, 3.05) is 0 Å². The molecule has 0 radical (unpaired) electrons. The van der Waals surface area contributed by atoms with E-state index in [0.29, 0.717) is 5.75 Å². The zero-order valence-corrected chi connectivity index (χ0v) is 16.5. The summed E-state index contributed by atoms with van der Waals surface area (Å²) in [4.78, 5) is -0.283. The van der Waals surface area contributed by atoms with Crippen molar-refractivity contribution >= 4 is 10.1 Å². The summed E-state index contributed by atoms with van der Waals surface area (Å²) in [6, 6.07) is 10.8. The molecular formula is C21H28O5S. The van der Waals surface area contributed by atoms with Crippen LogP contribution in [0.4, 0.5) is 0 Å². The maximum Gasteiger partial charge on any atom is 0.298 e. The molecule has 2 aromatic carbocycles. The van der Waals surface area contributed by atoms with Gasteiger partial charge in [-0.25, -0.2) is 0 Å². The molecule has 27 heavy (non-hydrogen) atoms. The van der Waals surface area contributed by atoms with E-state index in [2.05, 4.69) is 6.92 Å². The van der Waals surface area contributed by atoms with E-state index >= 15 is 0 Å². The molecule has 6 heteroatoms. The quantitative estimate of drug-likeness (QED) is 0.377. The van der Waals surface area contributed by atoms with Crippen molar-refractivity contribution in [1.29, 1.82) is 0 Å². The highest BCUT2D eigenvalue weighted by Crippen LogP contribution is 2.31. The van der Waals surface area contributed by atoms with Crippen LogP contribution in [0.3, 0.4) is 0 Å². The molecule has 0 fully saturated rings. The molecule has 0 bridgehead atoms. The summed E-state index contributed by atoms with van der Waals surface area (Å²) in [6.45, 7) is 2.20. The molecular weight excluding hydrogens is 364 g/mol. The normalized spacial score (nSPS) is 11.5. The molecule has 2 N–H and O–H groups in total. The summed E-state index contributed by atoms with van der Waals surface area (Å²) in [5, 5.41) is 9.55. The fourth-order valence-electron chi connectivity index (χ4n) is 2.96. The van der Waals surface area contributed by atoms with Crippen molar-refractivity contribution in [1.82, 2.24) is 0 Å². The lowest BCUT2D eigenvalue weighted by Gasteiger charge is -2.12. The minimum absolute atomic E-state index is 0.0140. The van der Waals surface area contributed by atoms with Gasteiger partial charge < -0.3 is 9.84 Å².